The van der Waals surface area contributed by atoms with Crippen molar-refractivity contribution in [2.75, 3.05) is 11.9 Å². The fourth-order valence-corrected chi connectivity index (χ4v) is 3.03. The van der Waals surface area contributed by atoms with E-state index in [1.165, 1.54) is 12.1 Å². The van der Waals surface area contributed by atoms with Crippen LogP contribution in [0.25, 0.3) is 22.8 Å². The molecule has 0 aliphatic rings. The Kier molecular flexibility index (Phi) is 5.57. The number of ether oxygens (including phenoxy) is 1. The third-order valence-electron chi connectivity index (χ3n) is 4.48. The molecule has 0 aliphatic carbocycles. The smallest absolute Gasteiger partial charge is 0.256 e. The van der Waals surface area contributed by atoms with Gasteiger partial charge in [0, 0.05) is 11.1 Å². The van der Waals surface area contributed by atoms with Gasteiger partial charge in [-0.25, -0.2) is 9.37 Å². The third-order valence-corrected chi connectivity index (χ3v) is 4.48. The summed E-state index contributed by atoms with van der Waals surface area (Å²) in [7, 11) is 0. The quantitative estimate of drug-likeness (QED) is 0.443. The van der Waals surface area contributed by atoms with Gasteiger partial charge in [0.15, 0.2) is 5.76 Å². The molecule has 6 heteroatoms. The predicted octanol–water partition coefficient (Wildman–Crippen LogP) is 5.80. The summed E-state index contributed by atoms with van der Waals surface area (Å²) >= 11 is 0. The second-order valence-corrected chi connectivity index (χ2v) is 6.47. The number of anilines is 1. The number of aromatic nitrogens is 1. The molecule has 1 amide bonds. The van der Waals surface area contributed by atoms with E-state index in [9.17, 15) is 9.18 Å². The Labute approximate surface area is 173 Å². The molecular weight excluding hydrogens is 383 g/mol. The average molecular weight is 402 g/mol. The van der Waals surface area contributed by atoms with Crippen LogP contribution in [0, 0.1) is 5.82 Å². The number of benzene rings is 3. The Morgan fingerprint density at radius 3 is 2.53 bits per heavy atom. The van der Waals surface area contributed by atoms with Crippen molar-refractivity contribution in [3.8, 4) is 28.5 Å². The van der Waals surface area contributed by atoms with E-state index in [0.29, 0.717) is 29.4 Å². The van der Waals surface area contributed by atoms with Gasteiger partial charge in [-0.3, -0.25) is 4.79 Å². The first kappa shape index (κ1) is 19.4. The number of para-hydroxylation sites is 1. The van der Waals surface area contributed by atoms with Gasteiger partial charge in [0.05, 0.1) is 24.1 Å². The molecule has 1 heterocycles. The molecule has 0 aliphatic heterocycles. The molecule has 1 aromatic heterocycles. The summed E-state index contributed by atoms with van der Waals surface area (Å²) in [6.07, 6.45) is 1.61. The summed E-state index contributed by atoms with van der Waals surface area (Å²) in [6.45, 7) is 2.52. The van der Waals surface area contributed by atoms with E-state index in [4.69, 9.17) is 9.15 Å². The molecular formula is C24H19FN2O3. The second kappa shape index (κ2) is 8.61. The first-order chi connectivity index (χ1) is 14.7. The van der Waals surface area contributed by atoms with Gasteiger partial charge in [0.2, 0.25) is 5.89 Å². The highest BCUT2D eigenvalue weighted by atomic mass is 19.1. The monoisotopic (exact) mass is 402 g/mol. The Balaban J connectivity index is 1.61. The number of rotatable bonds is 6. The van der Waals surface area contributed by atoms with Crippen LogP contribution in [0.5, 0.6) is 5.75 Å². The third kappa shape index (κ3) is 4.07. The highest BCUT2D eigenvalue weighted by Gasteiger charge is 2.18. The van der Waals surface area contributed by atoms with Crippen LogP contribution in [0.15, 0.2) is 83.4 Å². The standard InChI is InChI=1S/C24H19FN2O3/c1-2-29-17-13-11-16(12-14-17)22-15-26-24(30-22)19-8-4-3-7-18(19)23(28)27-21-10-6-5-9-20(21)25/h3-15H,2H2,1H3,(H,27,28). The molecule has 4 aromatic rings. The summed E-state index contributed by atoms with van der Waals surface area (Å²) in [4.78, 5) is 17.1. The van der Waals surface area contributed by atoms with Crippen molar-refractivity contribution in [3.63, 3.8) is 0 Å². The molecule has 0 bridgehead atoms. The minimum absolute atomic E-state index is 0.111. The Bertz CT molecular complexity index is 1170. The van der Waals surface area contributed by atoms with Gasteiger partial charge in [0.1, 0.15) is 11.6 Å². The van der Waals surface area contributed by atoms with E-state index < -0.39 is 11.7 Å². The van der Waals surface area contributed by atoms with Crippen LogP contribution in [0.3, 0.4) is 0 Å². The zero-order chi connectivity index (χ0) is 20.9. The van der Waals surface area contributed by atoms with Gasteiger partial charge in [-0.15, -0.1) is 0 Å². The van der Waals surface area contributed by atoms with Crippen molar-refractivity contribution in [1.82, 2.24) is 4.98 Å². The lowest BCUT2D eigenvalue weighted by atomic mass is 10.1. The molecule has 0 radical (unpaired) electrons. The van der Waals surface area contributed by atoms with Crippen molar-refractivity contribution in [2.24, 2.45) is 0 Å². The number of nitrogens with zero attached hydrogens (tertiary/aromatic N) is 1. The molecule has 0 saturated carbocycles. The van der Waals surface area contributed by atoms with Crippen molar-refractivity contribution in [1.29, 1.82) is 0 Å². The fraction of sp³-hybridized carbons (Fsp3) is 0.0833. The number of carbonyl (C=O) groups excluding carboxylic acids is 1. The van der Waals surface area contributed by atoms with Crippen LogP contribution in [0.1, 0.15) is 17.3 Å². The van der Waals surface area contributed by atoms with Crippen molar-refractivity contribution in [2.45, 2.75) is 6.92 Å². The first-order valence-corrected chi connectivity index (χ1v) is 9.50. The van der Waals surface area contributed by atoms with Gasteiger partial charge in [-0.05, 0) is 55.5 Å². The number of carbonyl (C=O) groups is 1. The van der Waals surface area contributed by atoms with E-state index in [1.54, 1.807) is 42.6 Å². The molecule has 0 spiro atoms. The maximum atomic E-state index is 13.9. The average Bonchev–Trinajstić information content (AvgIpc) is 3.26. The summed E-state index contributed by atoms with van der Waals surface area (Å²) in [5.41, 5.74) is 1.80. The lowest BCUT2D eigenvalue weighted by molar-refractivity contribution is 0.102. The van der Waals surface area contributed by atoms with E-state index >= 15 is 0 Å². The maximum absolute atomic E-state index is 13.9. The summed E-state index contributed by atoms with van der Waals surface area (Å²) in [6, 6.07) is 20.4. The topological polar surface area (TPSA) is 64.4 Å². The Morgan fingerprint density at radius 1 is 1.03 bits per heavy atom. The maximum Gasteiger partial charge on any atom is 0.256 e. The number of oxazole rings is 1. The van der Waals surface area contributed by atoms with Crippen LogP contribution in [-0.2, 0) is 0 Å². The predicted molar refractivity (Wildman–Crippen MR) is 113 cm³/mol. The largest absolute Gasteiger partial charge is 0.494 e. The molecule has 0 unspecified atom stereocenters. The number of hydrogen-bond donors (Lipinski definition) is 1. The first-order valence-electron chi connectivity index (χ1n) is 9.50. The van der Waals surface area contributed by atoms with E-state index in [0.717, 1.165) is 11.3 Å². The van der Waals surface area contributed by atoms with Gasteiger partial charge in [0.25, 0.3) is 5.91 Å². The number of halogens is 1. The van der Waals surface area contributed by atoms with Crippen molar-refractivity contribution < 1.29 is 18.3 Å². The molecule has 5 nitrogen and oxygen atoms in total. The lowest BCUT2D eigenvalue weighted by Crippen LogP contribution is -2.14. The highest BCUT2D eigenvalue weighted by Crippen LogP contribution is 2.29. The van der Waals surface area contributed by atoms with Crippen LogP contribution in [0.2, 0.25) is 0 Å². The van der Waals surface area contributed by atoms with E-state index in [-0.39, 0.29) is 5.69 Å². The van der Waals surface area contributed by atoms with Crippen LogP contribution in [0.4, 0.5) is 10.1 Å². The fourth-order valence-electron chi connectivity index (χ4n) is 3.03. The summed E-state index contributed by atoms with van der Waals surface area (Å²) in [5.74, 6) is 0.695. The van der Waals surface area contributed by atoms with Gasteiger partial charge in [-0.2, -0.15) is 0 Å². The van der Waals surface area contributed by atoms with Gasteiger partial charge < -0.3 is 14.5 Å². The SMILES string of the molecule is CCOc1ccc(-c2cnc(-c3ccccc3C(=O)Nc3ccccc3F)o2)cc1. The molecule has 150 valence electrons. The van der Waals surface area contributed by atoms with Crippen molar-refractivity contribution in [3.05, 3.63) is 90.4 Å². The number of hydrogen-bond acceptors (Lipinski definition) is 4. The Morgan fingerprint density at radius 2 is 1.77 bits per heavy atom. The normalized spacial score (nSPS) is 10.6. The number of nitrogens with one attached hydrogen (secondary N) is 1. The second-order valence-electron chi connectivity index (χ2n) is 6.47. The highest BCUT2D eigenvalue weighted by molar-refractivity contribution is 6.08. The molecule has 0 saturated heterocycles. The zero-order valence-electron chi connectivity index (χ0n) is 16.3. The lowest BCUT2D eigenvalue weighted by Gasteiger charge is -2.09. The zero-order valence-corrected chi connectivity index (χ0v) is 16.3. The molecule has 30 heavy (non-hydrogen) atoms. The van der Waals surface area contributed by atoms with Gasteiger partial charge in [-0.1, -0.05) is 24.3 Å². The van der Waals surface area contributed by atoms with E-state index in [2.05, 4.69) is 10.3 Å². The van der Waals surface area contributed by atoms with E-state index in [1.807, 2.05) is 31.2 Å². The summed E-state index contributed by atoms with van der Waals surface area (Å²) < 4.78 is 25.3. The molecule has 1 N–H and O–H groups in total. The molecule has 4 rings (SSSR count). The minimum atomic E-state index is -0.503. The van der Waals surface area contributed by atoms with Crippen molar-refractivity contribution >= 4 is 11.6 Å². The van der Waals surface area contributed by atoms with Crippen LogP contribution < -0.4 is 10.1 Å². The Hall–Kier alpha value is -3.93. The van der Waals surface area contributed by atoms with Crippen LogP contribution in [-0.4, -0.2) is 17.5 Å². The molecule has 0 fully saturated rings. The van der Waals surface area contributed by atoms with Crippen LogP contribution >= 0.6 is 0 Å². The molecule has 3 aromatic carbocycles. The summed E-state index contributed by atoms with van der Waals surface area (Å²) in [5, 5.41) is 2.60. The van der Waals surface area contributed by atoms with Gasteiger partial charge >= 0.3 is 0 Å². The number of amides is 1. The molecule has 0 atom stereocenters. The minimum Gasteiger partial charge on any atom is -0.494 e.